The minimum Gasteiger partial charge on any atom is -0.378 e. The van der Waals surface area contributed by atoms with E-state index in [9.17, 15) is 0 Å². The molecule has 1 aromatic carbocycles. The molecule has 1 aliphatic rings. The lowest BCUT2D eigenvalue weighted by molar-refractivity contribution is 0.105. The first-order valence-corrected chi connectivity index (χ1v) is 7.03. The zero-order valence-electron chi connectivity index (χ0n) is 10.5. The van der Waals surface area contributed by atoms with Crippen LogP contribution in [0.1, 0.15) is 24.5 Å². The second-order valence-corrected chi connectivity index (χ2v) is 5.69. The molecule has 1 saturated heterocycles. The van der Waals surface area contributed by atoms with Crippen molar-refractivity contribution in [3.05, 3.63) is 33.8 Å². The molecule has 0 bridgehead atoms. The lowest BCUT2D eigenvalue weighted by Crippen LogP contribution is -2.26. The van der Waals surface area contributed by atoms with Gasteiger partial charge in [-0.25, -0.2) is 0 Å². The summed E-state index contributed by atoms with van der Waals surface area (Å²) in [7, 11) is 0. The number of hydrogen-bond acceptors (Lipinski definition) is 2. The van der Waals surface area contributed by atoms with Gasteiger partial charge in [-0.2, -0.15) is 0 Å². The second kappa shape index (κ2) is 5.98. The van der Waals surface area contributed by atoms with Gasteiger partial charge in [-0.1, -0.05) is 28.1 Å². The Morgan fingerprint density at radius 2 is 2.29 bits per heavy atom. The average Bonchev–Trinajstić information content (AvgIpc) is 2.70. The van der Waals surface area contributed by atoms with E-state index in [0.29, 0.717) is 12.0 Å². The molecule has 94 valence electrons. The smallest absolute Gasteiger partial charge is 0.0588 e. The molecule has 1 heterocycles. The van der Waals surface area contributed by atoms with Crippen LogP contribution in [0, 0.1) is 12.8 Å². The Kier molecular flexibility index (Phi) is 4.60. The van der Waals surface area contributed by atoms with Gasteiger partial charge in [0.1, 0.15) is 0 Å². The van der Waals surface area contributed by atoms with E-state index in [0.717, 1.165) is 19.7 Å². The van der Waals surface area contributed by atoms with E-state index in [-0.39, 0.29) is 0 Å². The Balaban J connectivity index is 1.79. The molecule has 0 spiro atoms. The summed E-state index contributed by atoms with van der Waals surface area (Å²) in [6, 6.07) is 6.53. The predicted octanol–water partition coefficient (Wildman–Crippen LogP) is 3.27. The van der Waals surface area contributed by atoms with Gasteiger partial charge in [0.05, 0.1) is 6.10 Å². The Morgan fingerprint density at radius 3 is 2.94 bits per heavy atom. The van der Waals surface area contributed by atoms with Crippen LogP contribution in [0.25, 0.3) is 0 Å². The molecule has 17 heavy (non-hydrogen) atoms. The maximum Gasteiger partial charge on any atom is 0.0588 e. The normalized spacial score (nSPS) is 24.2. The first kappa shape index (κ1) is 13.1. The molecule has 0 radical (unpaired) electrons. The van der Waals surface area contributed by atoms with E-state index in [1.807, 2.05) is 0 Å². The van der Waals surface area contributed by atoms with Crippen molar-refractivity contribution >= 4 is 15.9 Å². The molecule has 0 aliphatic carbocycles. The molecule has 1 N–H and O–H groups in total. The van der Waals surface area contributed by atoms with Crippen LogP contribution in [0.2, 0.25) is 0 Å². The van der Waals surface area contributed by atoms with E-state index in [2.05, 4.69) is 53.3 Å². The highest BCUT2D eigenvalue weighted by Gasteiger charge is 2.23. The van der Waals surface area contributed by atoms with E-state index >= 15 is 0 Å². The van der Waals surface area contributed by atoms with Gasteiger partial charge in [0.15, 0.2) is 0 Å². The Morgan fingerprint density at radius 1 is 1.47 bits per heavy atom. The van der Waals surface area contributed by atoms with Crippen molar-refractivity contribution in [1.82, 2.24) is 5.32 Å². The lowest BCUT2D eigenvalue weighted by Gasteiger charge is -2.15. The summed E-state index contributed by atoms with van der Waals surface area (Å²) in [6.07, 6.45) is 1.60. The maximum atomic E-state index is 5.56. The van der Waals surface area contributed by atoms with Gasteiger partial charge in [-0.15, -0.1) is 0 Å². The molecule has 2 atom stereocenters. The van der Waals surface area contributed by atoms with E-state index in [4.69, 9.17) is 4.74 Å². The molecule has 3 heteroatoms. The second-order valence-electron chi connectivity index (χ2n) is 4.84. The topological polar surface area (TPSA) is 21.3 Å². The zero-order chi connectivity index (χ0) is 12.3. The van der Waals surface area contributed by atoms with Crippen LogP contribution in [-0.4, -0.2) is 19.3 Å². The fraction of sp³-hybridized carbons (Fsp3) is 0.571. The third kappa shape index (κ3) is 3.54. The summed E-state index contributed by atoms with van der Waals surface area (Å²) in [5.41, 5.74) is 2.61. The molecule has 1 aliphatic heterocycles. The van der Waals surface area contributed by atoms with Crippen molar-refractivity contribution in [2.45, 2.75) is 32.9 Å². The van der Waals surface area contributed by atoms with Gasteiger partial charge in [0.25, 0.3) is 0 Å². The van der Waals surface area contributed by atoms with Gasteiger partial charge < -0.3 is 10.1 Å². The van der Waals surface area contributed by atoms with E-state index in [1.165, 1.54) is 22.0 Å². The Hall–Kier alpha value is -0.380. The van der Waals surface area contributed by atoms with Crippen LogP contribution in [0.5, 0.6) is 0 Å². The minimum absolute atomic E-state index is 0.409. The highest BCUT2D eigenvalue weighted by atomic mass is 79.9. The monoisotopic (exact) mass is 297 g/mol. The molecule has 2 rings (SSSR count). The molecular weight excluding hydrogens is 278 g/mol. The quantitative estimate of drug-likeness (QED) is 0.921. The third-order valence-corrected chi connectivity index (χ3v) is 4.36. The minimum atomic E-state index is 0.409. The summed E-state index contributed by atoms with van der Waals surface area (Å²) in [5, 5.41) is 3.52. The molecule has 1 aromatic rings. The van der Waals surface area contributed by atoms with Crippen LogP contribution >= 0.6 is 15.9 Å². The van der Waals surface area contributed by atoms with Gasteiger partial charge in [0.2, 0.25) is 0 Å². The lowest BCUT2D eigenvalue weighted by atomic mass is 10.0. The number of hydrogen-bond donors (Lipinski definition) is 1. The number of aryl methyl sites for hydroxylation is 1. The van der Waals surface area contributed by atoms with Gasteiger partial charge in [0, 0.05) is 24.2 Å². The van der Waals surface area contributed by atoms with Crippen molar-refractivity contribution in [3.8, 4) is 0 Å². The fourth-order valence-corrected chi connectivity index (χ4v) is 2.62. The summed E-state index contributed by atoms with van der Waals surface area (Å²) < 4.78 is 6.74. The first-order valence-electron chi connectivity index (χ1n) is 6.24. The summed E-state index contributed by atoms with van der Waals surface area (Å²) in [5.74, 6) is 0.670. The summed E-state index contributed by atoms with van der Waals surface area (Å²) in [4.78, 5) is 0. The number of ether oxygens (including phenoxy) is 1. The Labute approximate surface area is 112 Å². The van der Waals surface area contributed by atoms with Crippen molar-refractivity contribution in [2.75, 3.05) is 13.2 Å². The van der Waals surface area contributed by atoms with Crippen molar-refractivity contribution < 1.29 is 4.74 Å². The molecular formula is C14H20BrNO. The molecule has 1 fully saturated rings. The molecule has 0 aromatic heterocycles. The first-order chi connectivity index (χ1) is 8.16. The highest BCUT2D eigenvalue weighted by Crippen LogP contribution is 2.20. The van der Waals surface area contributed by atoms with Crippen LogP contribution in [0.15, 0.2) is 22.7 Å². The van der Waals surface area contributed by atoms with Gasteiger partial charge >= 0.3 is 0 Å². The number of nitrogens with one attached hydrogen (secondary N) is 1. The highest BCUT2D eigenvalue weighted by molar-refractivity contribution is 9.10. The summed E-state index contributed by atoms with van der Waals surface area (Å²) >= 11 is 3.57. The van der Waals surface area contributed by atoms with Crippen molar-refractivity contribution in [1.29, 1.82) is 0 Å². The number of halogens is 1. The summed E-state index contributed by atoms with van der Waals surface area (Å²) in [6.45, 7) is 7.18. The van der Waals surface area contributed by atoms with Crippen molar-refractivity contribution in [2.24, 2.45) is 5.92 Å². The van der Waals surface area contributed by atoms with E-state index in [1.54, 1.807) is 0 Å². The zero-order valence-corrected chi connectivity index (χ0v) is 12.1. The number of benzene rings is 1. The van der Waals surface area contributed by atoms with E-state index < -0.39 is 0 Å². The molecule has 0 saturated carbocycles. The van der Waals surface area contributed by atoms with Gasteiger partial charge in [-0.3, -0.25) is 0 Å². The maximum absolute atomic E-state index is 5.56. The molecule has 0 amide bonds. The average molecular weight is 298 g/mol. The van der Waals surface area contributed by atoms with Gasteiger partial charge in [-0.05, 0) is 43.4 Å². The van der Waals surface area contributed by atoms with Crippen LogP contribution in [-0.2, 0) is 11.3 Å². The van der Waals surface area contributed by atoms with Crippen LogP contribution in [0.3, 0.4) is 0 Å². The van der Waals surface area contributed by atoms with Crippen molar-refractivity contribution in [3.63, 3.8) is 0 Å². The SMILES string of the molecule is Cc1ccc(CNCC2CCOC2C)cc1Br. The predicted molar refractivity (Wildman–Crippen MR) is 74.1 cm³/mol. The fourth-order valence-electron chi connectivity index (χ4n) is 2.19. The third-order valence-electron chi connectivity index (χ3n) is 3.51. The number of rotatable bonds is 4. The standard InChI is InChI=1S/C14H20BrNO/c1-10-3-4-12(7-14(10)15)8-16-9-13-5-6-17-11(13)2/h3-4,7,11,13,16H,5-6,8-9H2,1-2H3. The largest absolute Gasteiger partial charge is 0.378 e. The Bertz CT molecular complexity index is 380. The molecule has 2 unspecified atom stereocenters. The van der Waals surface area contributed by atoms with Crippen LogP contribution < -0.4 is 5.32 Å². The van der Waals surface area contributed by atoms with Crippen LogP contribution in [0.4, 0.5) is 0 Å². The molecule has 2 nitrogen and oxygen atoms in total.